The summed E-state index contributed by atoms with van der Waals surface area (Å²) >= 11 is 0. The van der Waals surface area contributed by atoms with Crippen molar-refractivity contribution in [2.45, 2.75) is 6.92 Å². The van der Waals surface area contributed by atoms with E-state index in [1.807, 2.05) is 30.3 Å². The Morgan fingerprint density at radius 1 is 1.19 bits per heavy atom. The fourth-order valence-corrected chi connectivity index (χ4v) is 1.94. The van der Waals surface area contributed by atoms with E-state index in [4.69, 9.17) is 4.42 Å². The molecule has 104 valence electrons. The quantitative estimate of drug-likeness (QED) is 0.454. The SMILES string of the molecule is C/C(=N/Nc1ccccn1)c1cc2ccccc2oc1=O. The van der Waals surface area contributed by atoms with Gasteiger partial charge in [0.05, 0.1) is 11.3 Å². The molecular formula is C16H13N3O2. The molecule has 21 heavy (non-hydrogen) atoms. The smallest absolute Gasteiger partial charge is 0.345 e. The third-order valence-electron chi connectivity index (χ3n) is 3.03. The summed E-state index contributed by atoms with van der Waals surface area (Å²) in [6.07, 6.45) is 1.66. The number of anilines is 1. The van der Waals surface area contributed by atoms with Crippen LogP contribution in [0.15, 0.2) is 69.0 Å². The van der Waals surface area contributed by atoms with Gasteiger partial charge in [0.15, 0.2) is 0 Å². The average molecular weight is 279 g/mol. The Morgan fingerprint density at radius 2 is 2.00 bits per heavy atom. The number of benzene rings is 1. The van der Waals surface area contributed by atoms with Gasteiger partial charge in [0, 0.05) is 11.6 Å². The van der Waals surface area contributed by atoms with Crippen LogP contribution in [0, 0.1) is 0 Å². The molecule has 2 aromatic heterocycles. The number of para-hydroxylation sites is 1. The zero-order valence-corrected chi connectivity index (χ0v) is 11.4. The van der Waals surface area contributed by atoms with Crippen molar-refractivity contribution in [3.05, 3.63) is 70.7 Å². The van der Waals surface area contributed by atoms with Crippen molar-refractivity contribution in [2.24, 2.45) is 5.10 Å². The van der Waals surface area contributed by atoms with Gasteiger partial charge in [0.1, 0.15) is 11.4 Å². The standard InChI is InChI=1S/C16H13N3O2/c1-11(18-19-15-8-4-5-9-17-15)13-10-12-6-2-3-7-14(12)21-16(13)20/h2-10H,1H3,(H,17,19)/b18-11-. The minimum atomic E-state index is -0.405. The summed E-state index contributed by atoms with van der Waals surface area (Å²) in [4.78, 5) is 16.1. The van der Waals surface area contributed by atoms with Crippen LogP contribution < -0.4 is 11.1 Å². The van der Waals surface area contributed by atoms with Crippen molar-refractivity contribution in [1.29, 1.82) is 0 Å². The molecule has 0 saturated heterocycles. The van der Waals surface area contributed by atoms with E-state index in [9.17, 15) is 4.79 Å². The molecule has 0 aliphatic carbocycles. The highest BCUT2D eigenvalue weighted by molar-refractivity contribution is 6.00. The lowest BCUT2D eigenvalue weighted by Gasteiger charge is -2.03. The molecule has 0 fully saturated rings. The van der Waals surface area contributed by atoms with Crippen LogP contribution in [0.25, 0.3) is 11.0 Å². The Kier molecular flexibility index (Phi) is 3.47. The zero-order valence-electron chi connectivity index (χ0n) is 11.4. The van der Waals surface area contributed by atoms with Crippen LogP contribution in [-0.4, -0.2) is 10.7 Å². The molecule has 0 saturated carbocycles. The molecule has 3 rings (SSSR count). The topological polar surface area (TPSA) is 67.5 Å². The van der Waals surface area contributed by atoms with E-state index in [-0.39, 0.29) is 0 Å². The minimum absolute atomic E-state index is 0.405. The fraction of sp³-hybridized carbons (Fsp3) is 0.0625. The molecule has 0 aliphatic rings. The second kappa shape index (κ2) is 5.58. The van der Waals surface area contributed by atoms with E-state index in [1.165, 1.54) is 0 Å². The number of pyridine rings is 1. The average Bonchev–Trinajstić information content (AvgIpc) is 2.53. The Bertz CT molecular complexity index is 854. The molecule has 2 heterocycles. The van der Waals surface area contributed by atoms with Crippen molar-refractivity contribution in [1.82, 2.24) is 4.98 Å². The summed E-state index contributed by atoms with van der Waals surface area (Å²) < 4.78 is 5.29. The number of fused-ring (bicyclic) bond motifs is 1. The second-order valence-electron chi connectivity index (χ2n) is 4.51. The van der Waals surface area contributed by atoms with Gasteiger partial charge in [-0.3, -0.25) is 5.43 Å². The molecule has 1 N–H and O–H groups in total. The largest absolute Gasteiger partial charge is 0.422 e. The van der Waals surface area contributed by atoms with Crippen molar-refractivity contribution < 1.29 is 4.42 Å². The minimum Gasteiger partial charge on any atom is -0.422 e. The number of hydrogen-bond acceptors (Lipinski definition) is 5. The monoisotopic (exact) mass is 279 g/mol. The Hall–Kier alpha value is -2.95. The number of nitrogens with zero attached hydrogens (tertiary/aromatic N) is 2. The third-order valence-corrected chi connectivity index (χ3v) is 3.03. The number of aromatic nitrogens is 1. The molecule has 0 spiro atoms. The van der Waals surface area contributed by atoms with Crippen molar-refractivity contribution in [3.8, 4) is 0 Å². The first kappa shape index (κ1) is 13.1. The van der Waals surface area contributed by atoms with Crippen LogP contribution in [0.1, 0.15) is 12.5 Å². The van der Waals surface area contributed by atoms with E-state index < -0.39 is 5.63 Å². The van der Waals surface area contributed by atoms with Gasteiger partial charge in [-0.05, 0) is 31.2 Å². The zero-order chi connectivity index (χ0) is 14.7. The molecule has 0 radical (unpaired) electrons. The van der Waals surface area contributed by atoms with E-state index in [0.717, 1.165) is 5.39 Å². The van der Waals surface area contributed by atoms with E-state index in [0.29, 0.717) is 22.7 Å². The van der Waals surface area contributed by atoms with Gasteiger partial charge in [0.2, 0.25) is 0 Å². The molecule has 0 atom stereocenters. The highest BCUT2D eigenvalue weighted by Gasteiger charge is 2.08. The Balaban J connectivity index is 1.95. The number of hydrogen-bond donors (Lipinski definition) is 1. The molecule has 5 nitrogen and oxygen atoms in total. The molecule has 0 amide bonds. The molecule has 3 aromatic rings. The maximum absolute atomic E-state index is 12.0. The summed E-state index contributed by atoms with van der Waals surface area (Å²) in [7, 11) is 0. The maximum Gasteiger partial charge on any atom is 0.345 e. The molecule has 5 heteroatoms. The van der Waals surface area contributed by atoms with E-state index in [2.05, 4.69) is 15.5 Å². The molecular weight excluding hydrogens is 266 g/mol. The predicted molar refractivity (Wildman–Crippen MR) is 82.6 cm³/mol. The first-order valence-corrected chi connectivity index (χ1v) is 6.48. The van der Waals surface area contributed by atoms with Gasteiger partial charge < -0.3 is 4.42 Å². The predicted octanol–water partition coefficient (Wildman–Crippen LogP) is 3.02. The highest BCUT2D eigenvalue weighted by Crippen LogP contribution is 2.13. The molecule has 0 bridgehead atoms. The summed E-state index contributed by atoms with van der Waals surface area (Å²) in [5, 5.41) is 5.04. The fourth-order valence-electron chi connectivity index (χ4n) is 1.94. The van der Waals surface area contributed by atoms with Gasteiger partial charge in [-0.1, -0.05) is 24.3 Å². The first-order valence-electron chi connectivity index (χ1n) is 6.48. The van der Waals surface area contributed by atoms with E-state index in [1.54, 1.807) is 31.3 Å². The number of nitrogens with one attached hydrogen (secondary N) is 1. The van der Waals surface area contributed by atoms with Crippen LogP contribution in [0.3, 0.4) is 0 Å². The lowest BCUT2D eigenvalue weighted by molar-refractivity contribution is 0.559. The lowest BCUT2D eigenvalue weighted by Crippen LogP contribution is -2.13. The van der Waals surface area contributed by atoms with Crippen molar-refractivity contribution >= 4 is 22.5 Å². The van der Waals surface area contributed by atoms with Crippen molar-refractivity contribution in [2.75, 3.05) is 5.43 Å². The second-order valence-corrected chi connectivity index (χ2v) is 4.51. The van der Waals surface area contributed by atoms with Gasteiger partial charge in [0.25, 0.3) is 0 Å². The van der Waals surface area contributed by atoms with Crippen LogP contribution in [-0.2, 0) is 0 Å². The normalized spacial score (nSPS) is 11.6. The number of hydrazone groups is 1. The van der Waals surface area contributed by atoms with Gasteiger partial charge in [-0.25, -0.2) is 9.78 Å². The van der Waals surface area contributed by atoms with Gasteiger partial charge >= 0.3 is 5.63 Å². The molecule has 1 aromatic carbocycles. The van der Waals surface area contributed by atoms with Gasteiger partial charge in [-0.2, -0.15) is 5.10 Å². The Morgan fingerprint density at radius 3 is 2.81 bits per heavy atom. The summed E-state index contributed by atoms with van der Waals surface area (Å²) in [6.45, 7) is 1.75. The van der Waals surface area contributed by atoms with Crippen LogP contribution in [0.5, 0.6) is 0 Å². The third kappa shape index (κ3) is 2.81. The molecule has 0 aliphatic heterocycles. The van der Waals surface area contributed by atoms with E-state index >= 15 is 0 Å². The molecule has 0 unspecified atom stereocenters. The maximum atomic E-state index is 12.0. The highest BCUT2D eigenvalue weighted by atomic mass is 16.4. The van der Waals surface area contributed by atoms with Crippen LogP contribution in [0.4, 0.5) is 5.82 Å². The summed E-state index contributed by atoms with van der Waals surface area (Å²) in [6, 6.07) is 14.6. The van der Waals surface area contributed by atoms with Crippen LogP contribution in [0.2, 0.25) is 0 Å². The Labute approximate surface area is 121 Å². The van der Waals surface area contributed by atoms with Crippen LogP contribution >= 0.6 is 0 Å². The number of rotatable bonds is 3. The van der Waals surface area contributed by atoms with Gasteiger partial charge in [-0.15, -0.1) is 0 Å². The lowest BCUT2D eigenvalue weighted by atomic mass is 10.1. The summed E-state index contributed by atoms with van der Waals surface area (Å²) in [5.74, 6) is 0.613. The van der Waals surface area contributed by atoms with Crippen molar-refractivity contribution in [3.63, 3.8) is 0 Å². The summed E-state index contributed by atoms with van der Waals surface area (Å²) in [5.41, 5.74) is 3.95. The first-order chi connectivity index (χ1) is 10.2.